The van der Waals surface area contributed by atoms with Crippen molar-refractivity contribution < 1.29 is 13.2 Å². The third kappa shape index (κ3) is 4.97. The molecule has 0 amide bonds. The summed E-state index contributed by atoms with van der Waals surface area (Å²) in [6.07, 6.45) is -3.07. The summed E-state index contributed by atoms with van der Waals surface area (Å²) in [5, 5.41) is 13.6. The van der Waals surface area contributed by atoms with Crippen LogP contribution in [0.15, 0.2) is 54.7 Å². The largest absolute Gasteiger partial charge is 0.416 e. The van der Waals surface area contributed by atoms with Gasteiger partial charge in [0.15, 0.2) is 5.82 Å². The normalized spacial score (nSPS) is 11.9. The molecule has 146 valence electrons. The van der Waals surface area contributed by atoms with Crippen molar-refractivity contribution in [2.45, 2.75) is 32.4 Å². The molecule has 2 N–H and O–H groups in total. The van der Waals surface area contributed by atoms with E-state index in [1.165, 1.54) is 23.9 Å². The molecule has 1 aromatic heterocycles. The molecule has 0 bridgehead atoms. The molecule has 5 nitrogen and oxygen atoms in total. The Balaban J connectivity index is 1.74. The number of rotatable bonds is 4. The first kappa shape index (κ1) is 19.6. The molecule has 1 heterocycles. The van der Waals surface area contributed by atoms with Crippen LogP contribution < -0.4 is 10.6 Å². The van der Waals surface area contributed by atoms with Gasteiger partial charge in [-0.05, 0) is 41.3 Å². The molecule has 28 heavy (non-hydrogen) atoms. The van der Waals surface area contributed by atoms with Gasteiger partial charge in [-0.25, -0.2) is 0 Å². The number of anilines is 4. The Bertz CT molecular complexity index is 947. The van der Waals surface area contributed by atoms with Crippen molar-refractivity contribution in [2.75, 3.05) is 10.6 Å². The lowest BCUT2D eigenvalue weighted by Gasteiger charge is -2.19. The molecule has 0 saturated heterocycles. The molecule has 0 unspecified atom stereocenters. The van der Waals surface area contributed by atoms with E-state index in [-0.39, 0.29) is 22.9 Å². The minimum atomic E-state index is -4.41. The van der Waals surface area contributed by atoms with Gasteiger partial charge < -0.3 is 10.6 Å². The summed E-state index contributed by atoms with van der Waals surface area (Å²) in [7, 11) is 0. The number of nitrogens with zero attached hydrogens (tertiary/aromatic N) is 3. The van der Waals surface area contributed by atoms with Crippen LogP contribution in [0.5, 0.6) is 0 Å². The second-order valence-corrected chi connectivity index (χ2v) is 7.32. The van der Waals surface area contributed by atoms with Crippen LogP contribution in [0.25, 0.3) is 0 Å². The van der Waals surface area contributed by atoms with Gasteiger partial charge in [0.1, 0.15) is 0 Å². The van der Waals surface area contributed by atoms with Crippen LogP contribution in [0.3, 0.4) is 0 Å². The Morgan fingerprint density at radius 2 is 1.54 bits per heavy atom. The Morgan fingerprint density at radius 1 is 0.821 bits per heavy atom. The Kier molecular flexibility index (Phi) is 5.22. The van der Waals surface area contributed by atoms with Crippen LogP contribution in [0, 0.1) is 0 Å². The molecule has 0 aliphatic carbocycles. The highest BCUT2D eigenvalue weighted by molar-refractivity contribution is 5.59. The van der Waals surface area contributed by atoms with Crippen molar-refractivity contribution in [1.82, 2.24) is 15.2 Å². The molecule has 8 heteroatoms. The van der Waals surface area contributed by atoms with Crippen molar-refractivity contribution in [1.29, 1.82) is 0 Å². The van der Waals surface area contributed by atoms with Crippen molar-refractivity contribution in [3.63, 3.8) is 0 Å². The zero-order chi connectivity index (χ0) is 20.4. The molecule has 0 spiro atoms. The maximum Gasteiger partial charge on any atom is 0.416 e. The summed E-state index contributed by atoms with van der Waals surface area (Å²) >= 11 is 0. The van der Waals surface area contributed by atoms with E-state index in [0.29, 0.717) is 0 Å². The second-order valence-electron chi connectivity index (χ2n) is 7.32. The number of hydrogen-bond donors (Lipinski definition) is 2. The summed E-state index contributed by atoms with van der Waals surface area (Å²) in [4.78, 5) is 4.25. The summed E-state index contributed by atoms with van der Waals surface area (Å²) in [6, 6.07) is 12.7. The number of alkyl halides is 3. The van der Waals surface area contributed by atoms with Crippen LogP contribution in [-0.2, 0) is 11.6 Å². The highest BCUT2D eigenvalue weighted by atomic mass is 19.4. The van der Waals surface area contributed by atoms with E-state index in [1.807, 2.05) is 24.3 Å². The van der Waals surface area contributed by atoms with Gasteiger partial charge in [-0.15, -0.1) is 5.10 Å². The maximum absolute atomic E-state index is 12.8. The lowest BCUT2D eigenvalue weighted by molar-refractivity contribution is -0.137. The minimum absolute atomic E-state index is 0.0470. The molecule has 0 fully saturated rings. The van der Waals surface area contributed by atoms with Crippen LogP contribution in [0.2, 0.25) is 0 Å². The number of benzene rings is 2. The fourth-order valence-corrected chi connectivity index (χ4v) is 2.52. The molecular formula is C20H20F3N5. The van der Waals surface area contributed by atoms with Gasteiger partial charge in [0.2, 0.25) is 5.95 Å². The summed E-state index contributed by atoms with van der Waals surface area (Å²) in [6.45, 7) is 6.39. The molecule has 3 aromatic rings. The topological polar surface area (TPSA) is 62.7 Å². The molecular weight excluding hydrogens is 367 g/mol. The molecule has 0 saturated carbocycles. The van der Waals surface area contributed by atoms with Gasteiger partial charge in [0.05, 0.1) is 11.8 Å². The standard InChI is InChI=1S/C20H20F3N5/c1-19(2,3)13-7-9-15(10-8-13)26-18-27-17(12-24-28-18)25-16-6-4-5-14(11-16)20(21,22)23/h4-12H,1-3H3,(H2,25,26,27,28). The summed E-state index contributed by atoms with van der Waals surface area (Å²) in [5.74, 6) is 0.517. The number of hydrogen-bond acceptors (Lipinski definition) is 5. The maximum atomic E-state index is 12.8. The first-order valence-electron chi connectivity index (χ1n) is 8.63. The van der Waals surface area contributed by atoms with E-state index in [1.54, 1.807) is 0 Å². The number of halogens is 3. The number of aromatic nitrogens is 3. The van der Waals surface area contributed by atoms with E-state index in [9.17, 15) is 13.2 Å². The fourth-order valence-electron chi connectivity index (χ4n) is 2.52. The average molecular weight is 387 g/mol. The average Bonchev–Trinajstić information content (AvgIpc) is 2.61. The quantitative estimate of drug-likeness (QED) is 0.603. The Labute approximate surface area is 161 Å². The highest BCUT2D eigenvalue weighted by Gasteiger charge is 2.30. The lowest BCUT2D eigenvalue weighted by atomic mass is 9.87. The highest BCUT2D eigenvalue weighted by Crippen LogP contribution is 2.31. The molecule has 2 aromatic carbocycles. The third-order valence-electron chi connectivity index (χ3n) is 4.03. The smallest absolute Gasteiger partial charge is 0.339 e. The lowest BCUT2D eigenvalue weighted by Crippen LogP contribution is -2.10. The second kappa shape index (κ2) is 7.46. The fraction of sp³-hybridized carbons (Fsp3) is 0.250. The van der Waals surface area contributed by atoms with Gasteiger partial charge in [-0.2, -0.15) is 23.3 Å². The SMILES string of the molecule is CC(C)(C)c1ccc(Nc2nncc(Nc3cccc(C(F)(F)F)c3)n2)cc1. The predicted octanol–water partition coefficient (Wildman–Crippen LogP) is 5.68. The van der Waals surface area contributed by atoms with Crippen molar-refractivity contribution in [3.8, 4) is 0 Å². The monoisotopic (exact) mass is 387 g/mol. The van der Waals surface area contributed by atoms with E-state index in [0.717, 1.165) is 17.8 Å². The van der Waals surface area contributed by atoms with Crippen molar-refractivity contribution in [3.05, 3.63) is 65.9 Å². The zero-order valence-electron chi connectivity index (χ0n) is 15.7. The molecule has 0 radical (unpaired) electrons. The van der Waals surface area contributed by atoms with Crippen LogP contribution >= 0.6 is 0 Å². The van der Waals surface area contributed by atoms with Gasteiger partial charge in [-0.1, -0.05) is 39.0 Å². The predicted molar refractivity (Wildman–Crippen MR) is 103 cm³/mol. The van der Waals surface area contributed by atoms with Crippen molar-refractivity contribution in [2.24, 2.45) is 0 Å². The van der Waals surface area contributed by atoms with Gasteiger partial charge in [-0.3, -0.25) is 0 Å². The van der Waals surface area contributed by atoms with Crippen LogP contribution in [0.1, 0.15) is 31.9 Å². The molecule has 0 aliphatic heterocycles. The first-order valence-corrected chi connectivity index (χ1v) is 8.63. The van der Waals surface area contributed by atoms with Gasteiger partial charge in [0, 0.05) is 11.4 Å². The van der Waals surface area contributed by atoms with E-state index >= 15 is 0 Å². The van der Waals surface area contributed by atoms with Gasteiger partial charge in [0.25, 0.3) is 0 Å². The van der Waals surface area contributed by atoms with E-state index in [2.05, 4.69) is 46.6 Å². The summed E-state index contributed by atoms with van der Waals surface area (Å²) in [5.41, 5.74) is 1.54. The van der Waals surface area contributed by atoms with E-state index < -0.39 is 11.7 Å². The molecule has 3 rings (SSSR count). The van der Waals surface area contributed by atoms with E-state index in [4.69, 9.17) is 0 Å². The van der Waals surface area contributed by atoms with Crippen LogP contribution in [0.4, 0.5) is 36.3 Å². The number of nitrogens with one attached hydrogen (secondary N) is 2. The van der Waals surface area contributed by atoms with Crippen LogP contribution in [-0.4, -0.2) is 15.2 Å². The Hall–Kier alpha value is -3.16. The summed E-state index contributed by atoms with van der Waals surface area (Å²) < 4.78 is 38.5. The van der Waals surface area contributed by atoms with Crippen molar-refractivity contribution >= 4 is 23.1 Å². The molecule has 0 aliphatic rings. The molecule has 0 atom stereocenters. The minimum Gasteiger partial charge on any atom is -0.339 e. The third-order valence-corrected chi connectivity index (χ3v) is 4.03. The first-order chi connectivity index (χ1) is 13.1. The Morgan fingerprint density at radius 3 is 2.18 bits per heavy atom. The van der Waals surface area contributed by atoms with Gasteiger partial charge >= 0.3 is 6.18 Å². The zero-order valence-corrected chi connectivity index (χ0v) is 15.7.